The van der Waals surface area contributed by atoms with Crippen LogP contribution in [0.2, 0.25) is 0 Å². The lowest BCUT2D eigenvalue weighted by molar-refractivity contribution is 0.288. The molecule has 0 bridgehead atoms. The highest BCUT2D eigenvalue weighted by Gasteiger charge is 2.05. The van der Waals surface area contributed by atoms with Crippen molar-refractivity contribution in [3.63, 3.8) is 0 Å². The highest BCUT2D eigenvalue weighted by atomic mass is 79.9. The van der Waals surface area contributed by atoms with Crippen molar-refractivity contribution in [2.75, 3.05) is 13.2 Å². The van der Waals surface area contributed by atoms with E-state index in [0.717, 1.165) is 42.0 Å². The minimum absolute atomic E-state index is 0.791. The van der Waals surface area contributed by atoms with Gasteiger partial charge in [0.15, 0.2) is 0 Å². The van der Waals surface area contributed by atoms with E-state index in [1.807, 2.05) is 6.07 Å². The van der Waals surface area contributed by atoms with E-state index in [0.29, 0.717) is 0 Å². The van der Waals surface area contributed by atoms with E-state index in [4.69, 9.17) is 9.47 Å². The van der Waals surface area contributed by atoms with Gasteiger partial charge in [-0.2, -0.15) is 0 Å². The Kier molecular flexibility index (Phi) is 28.7. The summed E-state index contributed by atoms with van der Waals surface area (Å²) in [6.07, 6.45) is 38.8. The van der Waals surface area contributed by atoms with Gasteiger partial charge < -0.3 is 9.47 Å². The zero-order valence-electron chi connectivity index (χ0n) is 27.6. The van der Waals surface area contributed by atoms with Gasteiger partial charge in [-0.15, -0.1) is 0 Å². The van der Waals surface area contributed by atoms with Crippen molar-refractivity contribution in [1.82, 2.24) is 0 Å². The zero-order valence-corrected chi connectivity index (χ0v) is 29.2. The second-order valence-corrected chi connectivity index (χ2v) is 13.3. The highest BCUT2D eigenvalue weighted by Crippen LogP contribution is 2.30. The van der Waals surface area contributed by atoms with Crippen molar-refractivity contribution in [2.45, 2.75) is 194 Å². The van der Waals surface area contributed by atoms with E-state index >= 15 is 0 Å². The maximum atomic E-state index is 6.09. The molecule has 0 saturated heterocycles. The van der Waals surface area contributed by atoms with E-state index in [1.165, 1.54) is 167 Å². The van der Waals surface area contributed by atoms with Gasteiger partial charge >= 0.3 is 0 Å². The van der Waals surface area contributed by atoms with Crippen LogP contribution in [0.15, 0.2) is 22.7 Å². The van der Waals surface area contributed by atoms with Crippen LogP contribution in [0, 0.1) is 0 Å². The monoisotopic (exact) mass is 636 g/mol. The van der Waals surface area contributed by atoms with Crippen molar-refractivity contribution in [3.8, 4) is 11.5 Å². The number of ether oxygens (including phenoxy) is 2. The molecule has 0 saturated carbocycles. The topological polar surface area (TPSA) is 18.5 Å². The molecule has 0 spiro atoms. The summed E-state index contributed by atoms with van der Waals surface area (Å²) in [5.41, 5.74) is 0. The molecule has 2 nitrogen and oxygen atoms in total. The van der Waals surface area contributed by atoms with Gasteiger partial charge in [0.2, 0.25) is 0 Å². The third-order valence-electron chi connectivity index (χ3n) is 8.42. The van der Waals surface area contributed by atoms with Crippen LogP contribution in [-0.4, -0.2) is 13.2 Å². The van der Waals surface area contributed by atoms with Crippen LogP contribution < -0.4 is 9.47 Å². The third kappa shape index (κ3) is 25.5. The highest BCUT2D eigenvalue weighted by molar-refractivity contribution is 9.10. The van der Waals surface area contributed by atoms with Crippen molar-refractivity contribution in [2.24, 2.45) is 0 Å². The van der Waals surface area contributed by atoms with Gasteiger partial charge in [-0.25, -0.2) is 0 Å². The van der Waals surface area contributed by atoms with Gasteiger partial charge in [-0.05, 0) is 40.9 Å². The van der Waals surface area contributed by atoms with Crippen molar-refractivity contribution in [1.29, 1.82) is 0 Å². The molecule has 0 aliphatic heterocycles. The Morgan fingerprint density at radius 1 is 0.415 bits per heavy atom. The molecular formula is C38H69BrO2. The minimum Gasteiger partial charge on any atom is -0.493 e. The van der Waals surface area contributed by atoms with Crippen LogP contribution in [0.1, 0.15) is 194 Å². The second kappa shape index (κ2) is 30.7. The van der Waals surface area contributed by atoms with E-state index < -0.39 is 0 Å². The lowest BCUT2D eigenvalue weighted by atomic mass is 10.0. The molecule has 0 aliphatic rings. The second-order valence-electron chi connectivity index (χ2n) is 12.5. The average molecular weight is 638 g/mol. The molecule has 1 aromatic carbocycles. The summed E-state index contributed by atoms with van der Waals surface area (Å²) in [6.45, 7) is 6.18. The fourth-order valence-corrected chi connectivity index (χ4v) is 6.01. The zero-order chi connectivity index (χ0) is 29.5. The molecule has 1 aromatic rings. The first-order valence-corrected chi connectivity index (χ1v) is 19.1. The Morgan fingerprint density at radius 3 is 1.10 bits per heavy atom. The molecule has 0 aliphatic carbocycles. The van der Waals surface area contributed by atoms with Gasteiger partial charge in [-0.3, -0.25) is 0 Å². The Hall–Kier alpha value is -0.700. The number of hydrogen-bond acceptors (Lipinski definition) is 2. The van der Waals surface area contributed by atoms with Crippen LogP contribution in [0.25, 0.3) is 0 Å². The summed E-state index contributed by atoms with van der Waals surface area (Å²) in [4.78, 5) is 0. The average Bonchev–Trinajstić information content (AvgIpc) is 2.98. The molecule has 0 fully saturated rings. The summed E-state index contributed by atoms with van der Waals surface area (Å²) in [5.74, 6) is 1.84. The quantitative estimate of drug-likeness (QED) is 0.0732. The third-order valence-corrected chi connectivity index (χ3v) is 9.08. The summed E-state index contributed by atoms with van der Waals surface area (Å²) in [7, 11) is 0. The molecule has 0 N–H and O–H groups in total. The summed E-state index contributed by atoms with van der Waals surface area (Å²) in [6, 6.07) is 6.16. The van der Waals surface area contributed by atoms with Crippen molar-refractivity contribution in [3.05, 3.63) is 22.7 Å². The van der Waals surface area contributed by atoms with Crippen LogP contribution in [0.5, 0.6) is 11.5 Å². The SMILES string of the molecule is CCCCCCCCCCCCCCCCOc1ccc(Br)c(OCCCCCCCCCCCCCCCC)c1. The first-order valence-electron chi connectivity index (χ1n) is 18.3. The molecule has 0 aromatic heterocycles. The Bertz CT molecular complexity index is 662. The fraction of sp³-hybridized carbons (Fsp3) is 0.842. The lowest BCUT2D eigenvalue weighted by Gasteiger charge is -2.11. The van der Waals surface area contributed by atoms with Gasteiger partial charge in [0.05, 0.1) is 17.7 Å². The van der Waals surface area contributed by atoms with E-state index in [1.54, 1.807) is 0 Å². The first kappa shape index (κ1) is 38.3. The molecule has 0 unspecified atom stereocenters. The molecule has 240 valence electrons. The molecule has 0 amide bonds. The van der Waals surface area contributed by atoms with Crippen LogP contribution in [0.4, 0.5) is 0 Å². The number of unbranched alkanes of at least 4 members (excludes halogenated alkanes) is 26. The number of benzene rings is 1. The maximum Gasteiger partial charge on any atom is 0.137 e. The van der Waals surface area contributed by atoms with Gasteiger partial charge in [0.1, 0.15) is 11.5 Å². The normalized spacial score (nSPS) is 11.3. The fourth-order valence-electron chi connectivity index (χ4n) is 5.65. The van der Waals surface area contributed by atoms with Gasteiger partial charge in [0, 0.05) is 6.07 Å². The molecule has 0 atom stereocenters. The molecule has 41 heavy (non-hydrogen) atoms. The summed E-state index contributed by atoms with van der Waals surface area (Å²) < 4.78 is 13.1. The van der Waals surface area contributed by atoms with Crippen molar-refractivity contribution < 1.29 is 9.47 Å². The van der Waals surface area contributed by atoms with Crippen LogP contribution in [-0.2, 0) is 0 Å². The molecule has 1 rings (SSSR count). The van der Waals surface area contributed by atoms with Gasteiger partial charge in [-0.1, -0.05) is 181 Å². The van der Waals surface area contributed by atoms with E-state index in [9.17, 15) is 0 Å². The molecular weight excluding hydrogens is 568 g/mol. The number of rotatable bonds is 32. The van der Waals surface area contributed by atoms with Crippen LogP contribution >= 0.6 is 15.9 Å². The largest absolute Gasteiger partial charge is 0.493 e. The lowest BCUT2D eigenvalue weighted by Crippen LogP contribution is -2.00. The standard InChI is InChI=1S/C38H69BrO2/c1-3-5-7-9-11-13-15-17-19-21-23-25-27-29-33-40-36-31-32-37(39)38(35-36)41-34-30-28-26-24-22-20-18-16-14-12-10-8-6-4-2/h31-32,35H,3-30,33-34H2,1-2H3. The molecule has 3 heteroatoms. The Labute approximate surface area is 265 Å². The maximum absolute atomic E-state index is 6.09. The minimum atomic E-state index is 0.791. The van der Waals surface area contributed by atoms with E-state index in [2.05, 4.69) is 41.9 Å². The molecule has 0 radical (unpaired) electrons. The van der Waals surface area contributed by atoms with Crippen LogP contribution in [0.3, 0.4) is 0 Å². The smallest absolute Gasteiger partial charge is 0.137 e. The number of hydrogen-bond donors (Lipinski definition) is 0. The van der Waals surface area contributed by atoms with E-state index in [-0.39, 0.29) is 0 Å². The van der Waals surface area contributed by atoms with Gasteiger partial charge in [0.25, 0.3) is 0 Å². The Morgan fingerprint density at radius 2 is 0.732 bits per heavy atom. The first-order chi connectivity index (χ1) is 20.3. The Balaban J connectivity index is 1.93. The summed E-state index contributed by atoms with van der Waals surface area (Å²) in [5, 5.41) is 0. The predicted octanol–water partition coefficient (Wildman–Crippen LogP) is 14.2. The number of halogens is 1. The predicted molar refractivity (Wildman–Crippen MR) is 186 cm³/mol. The summed E-state index contributed by atoms with van der Waals surface area (Å²) >= 11 is 3.64. The molecule has 0 heterocycles. The van der Waals surface area contributed by atoms with Crippen molar-refractivity contribution >= 4 is 15.9 Å².